The van der Waals surface area contributed by atoms with E-state index < -0.39 is 35.1 Å². The Labute approximate surface area is 127 Å². The summed E-state index contributed by atoms with van der Waals surface area (Å²) in [5.41, 5.74) is 5.77. The Bertz CT molecular complexity index is 693. The number of aromatic hydroxyl groups is 1. The summed E-state index contributed by atoms with van der Waals surface area (Å²) in [5, 5.41) is 32.7. The summed E-state index contributed by atoms with van der Waals surface area (Å²) >= 11 is 12.3. The standard InChI is InChI=1S/C10H11Cl2N5O4/c11-10(12)5(19)4(2-18)21-6(10)3-1-14-7-8(20)15-9(13)16-17(3)7/h1,4-6,18-19H,2H2,(H3,13,15,16,20)/t4-,5+,6+/m1/s1. The lowest BCUT2D eigenvalue weighted by Gasteiger charge is -2.22. The Kier molecular flexibility index (Phi) is 3.34. The molecular formula is C10H11Cl2N5O4. The average molecular weight is 336 g/mol. The fourth-order valence-electron chi connectivity index (χ4n) is 2.23. The van der Waals surface area contributed by atoms with Gasteiger partial charge in [-0.05, 0) is 0 Å². The quantitative estimate of drug-likeness (QED) is 0.532. The van der Waals surface area contributed by atoms with Crippen LogP contribution in [0.2, 0.25) is 0 Å². The minimum absolute atomic E-state index is 0.0360. The van der Waals surface area contributed by atoms with Gasteiger partial charge in [0.05, 0.1) is 18.5 Å². The third-order valence-corrected chi connectivity index (χ3v) is 4.09. The molecule has 3 heterocycles. The number of halogens is 2. The molecule has 5 N–H and O–H groups in total. The van der Waals surface area contributed by atoms with E-state index in [9.17, 15) is 15.3 Å². The maximum atomic E-state index is 9.98. The lowest BCUT2D eigenvalue weighted by molar-refractivity contribution is -0.0240. The van der Waals surface area contributed by atoms with Crippen LogP contribution in [0.3, 0.4) is 0 Å². The Balaban J connectivity index is 2.13. The van der Waals surface area contributed by atoms with Gasteiger partial charge >= 0.3 is 0 Å². The van der Waals surface area contributed by atoms with Crippen molar-refractivity contribution < 1.29 is 20.1 Å². The van der Waals surface area contributed by atoms with E-state index in [1.54, 1.807) is 0 Å². The second-order valence-electron chi connectivity index (χ2n) is 4.57. The Morgan fingerprint density at radius 3 is 2.81 bits per heavy atom. The van der Waals surface area contributed by atoms with Gasteiger partial charge in [-0.15, -0.1) is 5.10 Å². The zero-order valence-electron chi connectivity index (χ0n) is 10.4. The topological polar surface area (TPSA) is 139 Å². The lowest BCUT2D eigenvalue weighted by atomic mass is 10.1. The van der Waals surface area contributed by atoms with E-state index in [1.165, 1.54) is 10.7 Å². The molecule has 1 aliphatic rings. The minimum Gasteiger partial charge on any atom is -0.491 e. The number of rotatable bonds is 2. The molecule has 3 rings (SSSR count). The number of aromatic nitrogens is 4. The zero-order chi connectivity index (χ0) is 15.4. The summed E-state index contributed by atoms with van der Waals surface area (Å²) in [6, 6.07) is 0. The smallest absolute Gasteiger partial charge is 0.260 e. The molecule has 1 fully saturated rings. The van der Waals surface area contributed by atoms with Crippen molar-refractivity contribution in [2.24, 2.45) is 0 Å². The molecule has 0 aliphatic carbocycles. The first-order valence-corrected chi connectivity index (χ1v) is 6.64. The fourth-order valence-corrected chi connectivity index (χ4v) is 2.84. The maximum Gasteiger partial charge on any atom is 0.260 e. The first kappa shape index (κ1) is 14.5. The Hall–Kier alpha value is -1.39. The molecule has 114 valence electrons. The van der Waals surface area contributed by atoms with Gasteiger partial charge in [-0.3, -0.25) is 0 Å². The number of ether oxygens (including phenoxy) is 1. The van der Waals surface area contributed by atoms with Crippen molar-refractivity contribution in [3.05, 3.63) is 11.9 Å². The SMILES string of the molecule is Nc1nc(O)c2ncc([C@@H]3O[C@H](CO)[C@H](O)C3(Cl)Cl)n2n1. The highest BCUT2D eigenvalue weighted by Gasteiger charge is 2.55. The summed E-state index contributed by atoms with van der Waals surface area (Å²) in [7, 11) is 0. The second-order valence-corrected chi connectivity index (χ2v) is 6.01. The molecule has 0 aromatic carbocycles. The molecule has 0 unspecified atom stereocenters. The van der Waals surface area contributed by atoms with E-state index in [0.717, 1.165) is 0 Å². The van der Waals surface area contributed by atoms with Crippen molar-refractivity contribution in [1.29, 1.82) is 0 Å². The minimum atomic E-state index is -1.72. The summed E-state index contributed by atoms with van der Waals surface area (Å²) in [4.78, 5) is 7.50. The summed E-state index contributed by atoms with van der Waals surface area (Å²) in [6.07, 6.45) is -1.98. The summed E-state index contributed by atoms with van der Waals surface area (Å²) < 4.78 is 4.91. The lowest BCUT2D eigenvalue weighted by Crippen LogP contribution is -2.36. The van der Waals surface area contributed by atoms with Gasteiger partial charge < -0.3 is 25.8 Å². The van der Waals surface area contributed by atoms with Crippen molar-refractivity contribution >= 4 is 34.8 Å². The normalized spacial score (nSPS) is 28.3. The van der Waals surface area contributed by atoms with Gasteiger partial charge in [-0.25, -0.2) is 9.50 Å². The molecule has 0 bridgehead atoms. The van der Waals surface area contributed by atoms with E-state index in [4.69, 9.17) is 33.7 Å². The van der Waals surface area contributed by atoms with Crippen LogP contribution in [-0.2, 0) is 4.74 Å². The number of alkyl halides is 2. The van der Waals surface area contributed by atoms with Crippen LogP contribution in [0.25, 0.3) is 5.65 Å². The van der Waals surface area contributed by atoms with Gasteiger partial charge in [-0.1, -0.05) is 23.2 Å². The number of hydrogen-bond acceptors (Lipinski definition) is 8. The van der Waals surface area contributed by atoms with E-state index >= 15 is 0 Å². The number of aliphatic hydroxyl groups excluding tert-OH is 2. The van der Waals surface area contributed by atoms with Crippen LogP contribution in [0, 0.1) is 0 Å². The third-order valence-electron chi connectivity index (χ3n) is 3.24. The molecule has 0 radical (unpaired) electrons. The molecule has 3 atom stereocenters. The highest BCUT2D eigenvalue weighted by molar-refractivity contribution is 6.49. The Morgan fingerprint density at radius 2 is 2.19 bits per heavy atom. The average Bonchev–Trinajstić information content (AvgIpc) is 2.91. The van der Waals surface area contributed by atoms with Gasteiger partial charge in [0.15, 0.2) is 4.33 Å². The van der Waals surface area contributed by atoms with Gasteiger partial charge in [-0.2, -0.15) is 4.98 Å². The van der Waals surface area contributed by atoms with Gasteiger partial charge in [0.1, 0.15) is 18.3 Å². The molecule has 21 heavy (non-hydrogen) atoms. The van der Waals surface area contributed by atoms with Crippen LogP contribution in [0.4, 0.5) is 5.95 Å². The number of nitrogens with two attached hydrogens (primary N) is 1. The van der Waals surface area contributed by atoms with Crippen LogP contribution in [0.15, 0.2) is 6.20 Å². The molecule has 1 saturated heterocycles. The van der Waals surface area contributed by atoms with Crippen molar-refractivity contribution in [2.75, 3.05) is 12.3 Å². The van der Waals surface area contributed by atoms with Crippen LogP contribution < -0.4 is 5.73 Å². The van der Waals surface area contributed by atoms with Gasteiger partial charge in [0.2, 0.25) is 11.6 Å². The van der Waals surface area contributed by atoms with E-state index in [-0.39, 0.29) is 17.3 Å². The van der Waals surface area contributed by atoms with Crippen LogP contribution in [-0.4, -0.2) is 58.0 Å². The number of nitrogen functional groups attached to an aromatic ring is 1. The predicted molar refractivity (Wildman–Crippen MR) is 72.0 cm³/mol. The molecule has 0 saturated carbocycles. The van der Waals surface area contributed by atoms with Crippen LogP contribution in [0.5, 0.6) is 5.88 Å². The molecular weight excluding hydrogens is 325 g/mol. The highest BCUT2D eigenvalue weighted by atomic mass is 35.5. The highest BCUT2D eigenvalue weighted by Crippen LogP contribution is 2.49. The monoisotopic (exact) mass is 335 g/mol. The van der Waals surface area contributed by atoms with Crippen molar-refractivity contribution in [3.8, 4) is 5.88 Å². The molecule has 2 aromatic rings. The van der Waals surface area contributed by atoms with Crippen molar-refractivity contribution in [3.63, 3.8) is 0 Å². The van der Waals surface area contributed by atoms with Crippen LogP contribution in [0.1, 0.15) is 11.8 Å². The molecule has 1 aliphatic heterocycles. The molecule has 0 amide bonds. The number of anilines is 1. The van der Waals surface area contributed by atoms with Crippen LogP contribution >= 0.6 is 23.2 Å². The zero-order valence-corrected chi connectivity index (χ0v) is 11.9. The van der Waals surface area contributed by atoms with Crippen molar-refractivity contribution in [2.45, 2.75) is 22.6 Å². The second kappa shape index (κ2) is 4.82. The number of imidazole rings is 1. The van der Waals surface area contributed by atoms with E-state index in [1.807, 2.05) is 0 Å². The number of aliphatic hydroxyl groups is 2. The van der Waals surface area contributed by atoms with E-state index in [2.05, 4.69) is 15.1 Å². The van der Waals surface area contributed by atoms with Crippen molar-refractivity contribution in [1.82, 2.24) is 19.6 Å². The first-order chi connectivity index (χ1) is 9.86. The largest absolute Gasteiger partial charge is 0.491 e. The molecule has 0 spiro atoms. The molecule has 2 aromatic heterocycles. The molecule has 9 nitrogen and oxygen atoms in total. The fraction of sp³-hybridized carbons (Fsp3) is 0.500. The number of hydrogen-bond donors (Lipinski definition) is 4. The maximum absolute atomic E-state index is 9.98. The Morgan fingerprint density at radius 1 is 1.48 bits per heavy atom. The third kappa shape index (κ3) is 2.09. The van der Waals surface area contributed by atoms with E-state index in [0.29, 0.717) is 0 Å². The number of fused-ring (bicyclic) bond motifs is 1. The van der Waals surface area contributed by atoms with Gasteiger partial charge in [0, 0.05) is 0 Å². The van der Waals surface area contributed by atoms with Gasteiger partial charge in [0.25, 0.3) is 5.88 Å². The first-order valence-electron chi connectivity index (χ1n) is 5.88. The molecule has 11 heteroatoms. The summed E-state index contributed by atoms with van der Waals surface area (Å²) in [6.45, 7) is -0.460. The predicted octanol–water partition coefficient (Wildman–Crippen LogP) is -0.621. The summed E-state index contributed by atoms with van der Waals surface area (Å²) in [5.74, 6) is -0.605. The number of nitrogens with zero attached hydrogens (tertiary/aromatic N) is 4.